The minimum absolute atomic E-state index is 0.0588. The highest BCUT2D eigenvalue weighted by atomic mass is 32.1. The Labute approximate surface area is 156 Å². The highest BCUT2D eigenvalue weighted by molar-refractivity contribution is 7.80. The number of fused-ring (bicyclic) bond motifs is 3. The smallest absolute Gasteiger partial charge is 0.261 e. The molecule has 0 saturated carbocycles. The Morgan fingerprint density at radius 2 is 1.77 bits per heavy atom. The lowest BCUT2D eigenvalue weighted by atomic mass is 9.81. The Balaban J connectivity index is 1.80. The highest BCUT2D eigenvalue weighted by Gasteiger charge is 2.61. The van der Waals surface area contributed by atoms with Gasteiger partial charge < -0.3 is 15.0 Å². The van der Waals surface area contributed by atoms with Crippen molar-refractivity contribution in [2.75, 3.05) is 11.9 Å². The van der Waals surface area contributed by atoms with Gasteiger partial charge in [0, 0.05) is 23.9 Å². The summed E-state index contributed by atoms with van der Waals surface area (Å²) in [6.07, 6.45) is -0.528. The number of rotatable bonds is 1. The summed E-state index contributed by atoms with van der Waals surface area (Å²) in [6.45, 7) is 0. The predicted octanol–water partition coefficient (Wildman–Crippen LogP) is 3.66. The molecule has 1 N–H and O–H groups in total. The zero-order valence-electron chi connectivity index (χ0n) is 14.1. The third-order valence-electron chi connectivity index (χ3n) is 5.36. The molecule has 0 aromatic heterocycles. The summed E-state index contributed by atoms with van der Waals surface area (Å²) in [5, 5.41) is 5.61. The topological polar surface area (TPSA) is 41.6 Å². The van der Waals surface area contributed by atoms with Gasteiger partial charge in [-0.3, -0.25) is 4.79 Å². The maximum Gasteiger partial charge on any atom is 0.261 e. The van der Waals surface area contributed by atoms with E-state index in [1.54, 1.807) is 11.9 Å². The number of carbonyl (C=O) groups excluding carboxylic acids is 1. The Bertz CT molecular complexity index is 1080. The van der Waals surface area contributed by atoms with E-state index in [1.165, 1.54) is 0 Å². The predicted molar refractivity (Wildman–Crippen MR) is 105 cm³/mol. The van der Waals surface area contributed by atoms with Crippen LogP contribution in [-0.4, -0.2) is 18.1 Å². The van der Waals surface area contributed by atoms with Crippen molar-refractivity contribution in [2.24, 2.45) is 0 Å². The van der Waals surface area contributed by atoms with E-state index in [0.29, 0.717) is 0 Å². The van der Waals surface area contributed by atoms with Gasteiger partial charge in [0.05, 0.1) is 0 Å². The number of amides is 1. The maximum atomic E-state index is 13.4. The summed E-state index contributed by atoms with van der Waals surface area (Å²) < 4.78 is 6.04. The number of para-hydroxylation sites is 1. The first-order valence-electron chi connectivity index (χ1n) is 8.47. The molecule has 2 aliphatic heterocycles. The normalized spacial score (nSPS) is 24.0. The summed E-state index contributed by atoms with van der Waals surface area (Å²) in [7, 11) is 1.79. The number of likely N-dealkylation sites (N-methyl/N-ethyl adjacent to an activating group) is 1. The van der Waals surface area contributed by atoms with Crippen molar-refractivity contribution >= 4 is 39.8 Å². The molecule has 3 aromatic rings. The van der Waals surface area contributed by atoms with E-state index >= 15 is 0 Å². The van der Waals surface area contributed by atoms with E-state index in [9.17, 15) is 4.79 Å². The van der Waals surface area contributed by atoms with E-state index in [0.717, 1.165) is 27.6 Å². The second-order valence-electron chi connectivity index (χ2n) is 6.67. The number of benzene rings is 3. The van der Waals surface area contributed by atoms with Crippen LogP contribution in [0.15, 0.2) is 66.7 Å². The first-order valence-corrected chi connectivity index (χ1v) is 8.88. The van der Waals surface area contributed by atoms with Crippen molar-refractivity contribution in [1.82, 2.24) is 5.32 Å². The van der Waals surface area contributed by atoms with E-state index in [-0.39, 0.29) is 11.1 Å². The van der Waals surface area contributed by atoms with Crippen LogP contribution in [0.1, 0.15) is 17.2 Å². The van der Waals surface area contributed by atoms with Crippen LogP contribution in [0.2, 0.25) is 0 Å². The van der Waals surface area contributed by atoms with Crippen molar-refractivity contribution in [3.63, 3.8) is 0 Å². The van der Waals surface area contributed by atoms with Crippen LogP contribution in [0.5, 0.6) is 0 Å². The van der Waals surface area contributed by atoms with Gasteiger partial charge in [-0.2, -0.15) is 0 Å². The average Bonchev–Trinajstić information content (AvgIpc) is 3.13. The van der Waals surface area contributed by atoms with Crippen molar-refractivity contribution in [3.05, 3.63) is 77.9 Å². The highest BCUT2D eigenvalue weighted by Crippen LogP contribution is 2.51. The first kappa shape index (κ1) is 15.3. The molecular formula is C21H16N2O2S. The minimum Gasteiger partial charge on any atom is -0.459 e. The molecular weight excluding hydrogens is 344 g/mol. The number of hydrogen-bond acceptors (Lipinski definition) is 3. The van der Waals surface area contributed by atoms with E-state index < -0.39 is 11.6 Å². The molecule has 1 fully saturated rings. The fourth-order valence-electron chi connectivity index (χ4n) is 4.19. The monoisotopic (exact) mass is 360 g/mol. The molecule has 1 saturated heterocycles. The van der Waals surface area contributed by atoms with Gasteiger partial charge in [-0.1, -0.05) is 60.7 Å². The van der Waals surface area contributed by atoms with Crippen molar-refractivity contribution in [2.45, 2.75) is 11.6 Å². The van der Waals surface area contributed by atoms with Crippen LogP contribution >= 0.6 is 12.2 Å². The van der Waals surface area contributed by atoms with Crippen LogP contribution < -0.4 is 10.2 Å². The molecule has 5 rings (SSSR count). The zero-order valence-corrected chi connectivity index (χ0v) is 14.9. The Morgan fingerprint density at radius 3 is 2.65 bits per heavy atom. The Hall–Kier alpha value is -2.92. The van der Waals surface area contributed by atoms with Gasteiger partial charge in [0.1, 0.15) is 0 Å². The van der Waals surface area contributed by atoms with Gasteiger partial charge in [-0.25, -0.2) is 0 Å². The third kappa shape index (κ3) is 1.83. The van der Waals surface area contributed by atoms with Gasteiger partial charge in [0.25, 0.3) is 11.1 Å². The number of ether oxygens (including phenoxy) is 1. The Kier molecular flexibility index (Phi) is 3.12. The summed E-state index contributed by atoms with van der Waals surface area (Å²) in [4.78, 5) is 15.1. The average molecular weight is 360 g/mol. The third-order valence-corrected chi connectivity index (χ3v) is 5.55. The van der Waals surface area contributed by atoms with Gasteiger partial charge in [0.15, 0.2) is 11.6 Å². The minimum atomic E-state index is -1.04. The van der Waals surface area contributed by atoms with E-state index in [2.05, 4.69) is 23.5 Å². The summed E-state index contributed by atoms with van der Waals surface area (Å²) >= 11 is 5.34. The molecule has 4 nitrogen and oxygen atoms in total. The molecule has 26 heavy (non-hydrogen) atoms. The molecule has 3 aromatic carbocycles. The number of thiocarbonyl (C=S) groups is 1. The van der Waals surface area contributed by atoms with Crippen LogP contribution in [0.25, 0.3) is 10.8 Å². The number of hydrogen-bond donors (Lipinski definition) is 1. The quantitative estimate of drug-likeness (QED) is 0.673. The first-order chi connectivity index (χ1) is 12.6. The van der Waals surface area contributed by atoms with Gasteiger partial charge in [-0.05, 0) is 29.1 Å². The zero-order chi connectivity index (χ0) is 17.9. The van der Waals surface area contributed by atoms with Gasteiger partial charge >= 0.3 is 0 Å². The van der Waals surface area contributed by atoms with Crippen LogP contribution in [0, 0.1) is 0 Å². The second kappa shape index (κ2) is 5.29. The standard InChI is InChI=1S/C21H16N2O2S/c1-23-17-12-5-4-11-16(17)21(19(23)24)18(25-20(26)22-21)15-10-6-8-13-7-2-3-9-14(13)15/h2-12,18H,1H3,(H,22,26)/t18-,21-/m0/s1. The summed E-state index contributed by atoms with van der Waals surface area (Å²) in [6, 6.07) is 22.0. The summed E-state index contributed by atoms with van der Waals surface area (Å²) in [5.41, 5.74) is 1.69. The SMILES string of the molecule is CN1C(=O)[C@]2(NC(=S)O[C@H]2c2cccc3ccccc23)c2ccccc21. The molecule has 0 aliphatic carbocycles. The molecule has 128 valence electrons. The fourth-order valence-corrected chi connectivity index (χ4v) is 4.45. The fraction of sp³-hybridized carbons (Fsp3) is 0.143. The van der Waals surface area contributed by atoms with Crippen molar-refractivity contribution in [3.8, 4) is 0 Å². The van der Waals surface area contributed by atoms with Crippen LogP contribution in [-0.2, 0) is 15.1 Å². The van der Waals surface area contributed by atoms with Crippen LogP contribution in [0.3, 0.4) is 0 Å². The molecule has 0 unspecified atom stereocenters. The number of carbonyl (C=O) groups is 1. The second-order valence-corrected chi connectivity index (χ2v) is 7.04. The lowest BCUT2D eigenvalue weighted by Crippen LogP contribution is -2.49. The molecule has 2 aliphatic rings. The van der Waals surface area contributed by atoms with Crippen molar-refractivity contribution < 1.29 is 9.53 Å². The molecule has 0 bridgehead atoms. The maximum absolute atomic E-state index is 13.4. The molecule has 0 radical (unpaired) electrons. The number of anilines is 1. The van der Waals surface area contributed by atoms with Crippen molar-refractivity contribution in [1.29, 1.82) is 0 Å². The van der Waals surface area contributed by atoms with Crippen LogP contribution in [0.4, 0.5) is 5.69 Å². The lowest BCUT2D eigenvalue weighted by Gasteiger charge is -2.28. The van der Waals surface area contributed by atoms with E-state index in [1.807, 2.05) is 48.5 Å². The van der Waals surface area contributed by atoms with Gasteiger partial charge in [-0.15, -0.1) is 0 Å². The molecule has 1 amide bonds. The number of nitrogens with zero attached hydrogens (tertiary/aromatic N) is 1. The Morgan fingerprint density at radius 1 is 1.04 bits per heavy atom. The van der Waals surface area contributed by atoms with E-state index in [4.69, 9.17) is 17.0 Å². The molecule has 2 atom stereocenters. The number of nitrogens with one attached hydrogen (secondary N) is 1. The van der Waals surface area contributed by atoms with Gasteiger partial charge in [0.2, 0.25) is 0 Å². The molecule has 1 spiro atoms. The molecule has 2 heterocycles. The summed E-state index contributed by atoms with van der Waals surface area (Å²) in [5.74, 6) is -0.0588. The largest absolute Gasteiger partial charge is 0.459 e. The molecule has 5 heteroatoms. The lowest BCUT2D eigenvalue weighted by molar-refractivity contribution is -0.125.